The number of nitrogens with zero attached hydrogens (tertiary/aromatic N) is 3. The van der Waals surface area contributed by atoms with Crippen LogP contribution in [0.3, 0.4) is 0 Å². The summed E-state index contributed by atoms with van der Waals surface area (Å²) in [5.41, 5.74) is 0. The highest BCUT2D eigenvalue weighted by Gasteiger charge is 2.55. The van der Waals surface area contributed by atoms with Crippen LogP contribution in [0.25, 0.3) is 0 Å². The molecular formula is C12H25B4N4. The predicted molar refractivity (Wildman–Crippen MR) is 88.8 cm³/mol. The number of fused-ring (bicyclic) bond motifs is 6. The van der Waals surface area contributed by atoms with E-state index in [0.29, 0.717) is 0 Å². The van der Waals surface area contributed by atoms with Gasteiger partial charge in [-0.3, -0.25) is 0 Å². The van der Waals surface area contributed by atoms with Gasteiger partial charge >= 0.3 is 0 Å². The molecule has 0 bridgehead atoms. The van der Waals surface area contributed by atoms with E-state index >= 15 is 0 Å². The van der Waals surface area contributed by atoms with Gasteiger partial charge in [0.1, 0.15) is 0 Å². The Bertz CT molecular complexity index is 257. The first-order valence-corrected chi connectivity index (χ1v) is 8.77. The van der Waals surface area contributed by atoms with Crippen molar-refractivity contribution in [1.82, 2.24) is 19.4 Å². The quantitative estimate of drug-likeness (QED) is 0.650. The van der Waals surface area contributed by atoms with Crippen molar-refractivity contribution in [1.29, 1.82) is 0 Å². The Kier molecular flexibility index (Phi) is 4.17. The molecule has 0 atom stereocenters. The van der Waals surface area contributed by atoms with Crippen LogP contribution in [-0.4, -0.2) is 68.7 Å². The average Bonchev–Trinajstić information content (AvgIpc) is 3.24. The van der Waals surface area contributed by atoms with Crippen LogP contribution in [0.2, 0.25) is 25.3 Å². The van der Waals surface area contributed by atoms with Crippen molar-refractivity contribution >= 4 is 28.4 Å². The summed E-state index contributed by atoms with van der Waals surface area (Å²) in [6, 6.07) is 0. The van der Waals surface area contributed by atoms with Crippen molar-refractivity contribution in [2.45, 2.75) is 51.0 Å². The first-order chi connectivity index (χ1) is 9.95. The van der Waals surface area contributed by atoms with Crippen LogP contribution in [0.5, 0.6) is 0 Å². The van der Waals surface area contributed by atoms with Gasteiger partial charge in [0.25, 0.3) is 20.9 Å². The van der Waals surface area contributed by atoms with E-state index in [9.17, 15) is 0 Å². The molecule has 1 N–H and O–H groups in total. The fourth-order valence-electron chi connectivity index (χ4n) is 4.94. The lowest BCUT2D eigenvalue weighted by atomic mass is 9.44. The maximum atomic E-state index is 3.10. The van der Waals surface area contributed by atoms with E-state index in [-0.39, 0.29) is 0 Å². The van der Waals surface area contributed by atoms with Crippen LogP contribution in [0, 0.1) is 0 Å². The Morgan fingerprint density at radius 1 is 0.700 bits per heavy atom. The maximum Gasteiger partial charge on any atom is 0.290 e. The molecule has 0 aliphatic carbocycles. The van der Waals surface area contributed by atoms with Crippen molar-refractivity contribution in [3.8, 4) is 0 Å². The SMILES string of the molecule is C1CB2N(C1)B1CCCN1B1CCCN21.[B]1CCCN1. The lowest BCUT2D eigenvalue weighted by Crippen LogP contribution is -2.72. The van der Waals surface area contributed by atoms with E-state index in [1.807, 2.05) is 0 Å². The van der Waals surface area contributed by atoms with Gasteiger partial charge in [-0.25, -0.2) is 0 Å². The van der Waals surface area contributed by atoms with Gasteiger partial charge in [-0.05, 0) is 70.8 Å². The molecule has 0 saturated carbocycles. The number of rotatable bonds is 0. The number of hydrogen-bond acceptors (Lipinski definition) is 4. The van der Waals surface area contributed by atoms with Gasteiger partial charge in [-0.15, -0.1) is 0 Å². The molecule has 0 unspecified atom stereocenters. The van der Waals surface area contributed by atoms with Gasteiger partial charge in [0.2, 0.25) is 7.41 Å². The highest BCUT2D eigenvalue weighted by atomic mass is 15.3. The fourth-order valence-corrected chi connectivity index (χ4v) is 4.94. The molecule has 0 aromatic carbocycles. The van der Waals surface area contributed by atoms with E-state index in [1.54, 1.807) is 0 Å². The summed E-state index contributed by atoms with van der Waals surface area (Å²) in [6.07, 6.45) is 11.2. The normalized spacial score (nSPS) is 29.9. The molecule has 4 nitrogen and oxygen atoms in total. The largest absolute Gasteiger partial charge is 0.360 e. The Morgan fingerprint density at radius 3 is 1.50 bits per heavy atom. The second kappa shape index (κ2) is 6.07. The minimum Gasteiger partial charge on any atom is -0.360 e. The molecule has 0 spiro atoms. The molecule has 0 amide bonds. The minimum absolute atomic E-state index is 0.817. The fraction of sp³-hybridized carbons (Fsp3) is 1.00. The Hall–Kier alpha value is 0.0997. The third-order valence-corrected chi connectivity index (χ3v) is 5.75. The second-order valence-corrected chi connectivity index (χ2v) is 6.88. The Balaban J connectivity index is 0.000000181. The molecular weight excluding hydrogens is 243 g/mol. The summed E-state index contributed by atoms with van der Waals surface area (Å²) in [4.78, 5) is 0. The summed E-state index contributed by atoms with van der Waals surface area (Å²) in [5.74, 6) is 0. The summed E-state index contributed by atoms with van der Waals surface area (Å²) >= 11 is 0. The van der Waals surface area contributed by atoms with Gasteiger partial charge in [-0.1, -0.05) is 6.32 Å². The molecule has 20 heavy (non-hydrogen) atoms. The molecule has 1 radical (unpaired) electrons. The summed E-state index contributed by atoms with van der Waals surface area (Å²) in [6.45, 7) is 7.71. The van der Waals surface area contributed by atoms with Gasteiger partial charge < -0.3 is 19.4 Å². The average molecular weight is 269 g/mol. The molecule has 5 heterocycles. The molecule has 105 valence electrons. The predicted octanol–water partition coefficient (Wildman–Crippen LogP) is 0.599. The van der Waals surface area contributed by atoms with Crippen LogP contribution in [0.1, 0.15) is 25.7 Å². The lowest BCUT2D eigenvalue weighted by Gasteiger charge is -2.47. The van der Waals surface area contributed by atoms with E-state index < -0.39 is 0 Å². The van der Waals surface area contributed by atoms with E-state index in [1.165, 1.54) is 77.1 Å². The third-order valence-electron chi connectivity index (χ3n) is 5.75. The van der Waals surface area contributed by atoms with E-state index in [2.05, 4.69) is 26.8 Å². The zero-order chi connectivity index (χ0) is 13.4. The first kappa shape index (κ1) is 13.7. The summed E-state index contributed by atoms with van der Waals surface area (Å²) in [7, 11) is 2.11. The second-order valence-electron chi connectivity index (χ2n) is 6.88. The third kappa shape index (κ3) is 2.39. The van der Waals surface area contributed by atoms with Crippen LogP contribution >= 0.6 is 0 Å². The topological polar surface area (TPSA) is 21.8 Å². The van der Waals surface area contributed by atoms with Crippen LogP contribution < -0.4 is 5.23 Å². The van der Waals surface area contributed by atoms with E-state index in [0.717, 1.165) is 20.9 Å². The molecule has 8 heteroatoms. The monoisotopic (exact) mass is 269 g/mol. The summed E-state index contributed by atoms with van der Waals surface area (Å²) < 4.78 is 8.40. The van der Waals surface area contributed by atoms with Crippen molar-refractivity contribution in [2.75, 3.05) is 26.2 Å². The number of hydrogen-bond donors (Lipinski definition) is 1. The Morgan fingerprint density at radius 2 is 1.20 bits per heavy atom. The van der Waals surface area contributed by atoms with Crippen LogP contribution in [-0.2, 0) is 0 Å². The molecule has 5 fully saturated rings. The van der Waals surface area contributed by atoms with Gasteiger partial charge in [-0.2, -0.15) is 0 Å². The lowest BCUT2D eigenvalue weighted by molar-refractivity contribution is 0.502. The van der Waals surface area contributed by atoms with Crippen molar-refractivity contribution < 1.29 is 0 Å². The smallest absolute Gasteiger partial charge is 0.290 e. The molecule has 5 aliphatic heterocycles. The first-order valence-electron chi connectivity index (χ1n) is 8.77. The minimum atomic E-state index is 0.817. The highest BCUT2D eigenvalue weighted by molar-refractivity contribution is 6.87. The highest BCUT2D eigenvalue weighted by Crippen LogP contribution is 2.36. The van der Waals surface area contributed by atoms with Gasteiger partial charge in [0.05, 0.1) is 0 Å². The molecule has 0 aromatic heterocycles. The Labute approximate surface area is 125 Å². The van der Waals surface area contributed by atoms with Crippen molar-refractivity contribution in [3.05, 3.63) is 0 Å². The summed E-state index contributed by atoms with van der Waals surface area (Å²) in [5, 5.41) is 3.10. The van der Waals surface area contributed by atoms with Crippen LogP contribution in [0.4, 0.5) is 0 Å². The van der Waals surface area contributed by atoms with Crippen molar-refractivity contribution in [3.63, 3.8) is 0 Å². The molecule has 5 saturated heterocycles. The molecule has 0 aromatic rings. The van der Waals surface area contributed by atoms with Gasteiger partial charge in [0, 0.05) is 0 Å². The maximum absolute atomic E-state index is 3.10. The zero-order valence-electron chi connectivity index (χ0n) is 12.6. The molecule has 5 rings (SSSR count). The van der Waals surface area contributed by atoms with Crippen molar-refractivity contribution in [2.24, 2.45) is 0 Å². The van der Waals surface area contributed by atoms with Gasteiger partial charge in [0.15, 0.2) is 0 Å². The van der Waals surface area contributed by atoms with Crippen LogP contribution in [0.15, 0.2) is 0 Å². The number of nitrogens with one attached hydrogen (secondary N) is 1. The molecule has 5 aliphatic rings. The standard InChI is InChI=1S/C9H18B3N3.C3H7BN/c1-4-10-13(7-1)11-5-2-9-15(11)12-6-3-8-14(10)12;1-2-4-5-3-1/h1-9H2;5H,1-3H2. The zero-order valence-corrected chi connectivity index (χ0v) is 12.6. The van der Waals surface area contributed by atoms with E-state index in [4.69, 9.17) is 0 Å².